The summed E-state index contributed by atoms with van der Waals surface area (Å²) in [7, 11) is 0. The first-order chi connectivity index (χ1) is 14.1. The molecular weight excluding hydrogens is 404 g/mol. The van der Waals surface area contributed by atoms with Gasteiger partial charge in [-0.3, -0.25) is 19.2 Å². The summed E-state index contributed by atoms with van der Waals surface area (Å²) in [6, 6.07) is 0. The summed E-state index contributed by atoms with van der Waals surface area (Å²) in [5.41, 5.74) is -3.06. The average Bonchev–Trinajstić information content (AvgIpc) is 2.62. The highest BCUT2D eigenvalue weighted by Gasteiger charge is 2.43. The van der Waals surface area contributed by atoms with Crippen LogP contribution in [-0.4, -0.2) is 47.3 Å². The van der Waals surface area contributed by atoms with E-state index in [0.717, 1.165) is 25.7 Å². The van der Waals surface area contributed by atoms with Gasteiger partial charge in [0.2, 0.25) is 0 Å². The maximum atomic E-state index is 12.2. The Bertz CT molecular complexity index is 580. The number of carbonyl (C=O) groups is 4. The normalized spacial score (nSPS) is 12.3. The first kappa shape index (κ1) is 28.9. The van der Waals surface area contributed by atoms with E-state index in [4.69, 9.17) is 14.6 Å². The highest BCUT2D eigenvalue weighted by atomic mass is 16.6. The Morgan fingerprint density at radius 1 is 0.645 bits per heavy atom. The van der Waals surface area contributed by atoms with Gasteiger partial charge in [0.15, 0.2) is 0 Å². The molecule has 0 fully saturated rings. The average molecular weight is 445 g/mol. The monoisotopic (exact) mass is 444 g/mol. The minimum atomic E-state index is -1.51. The summed E-state index contributed by atoms with van der Waals surface area (Å²) in [4.78, 5) is 47.1. The number of hydrogen-bond acceptors (Lipinski definition) is 6. The Morgan fingerprint density at radius 2 is 1.03 bits per heavy atom. The molecule has 0 atom stereocenters. The third-order valence-electron chi connectivity index (χ3n) is 4.93. The lowest BCUT2D eigenvalue weighted by Crippen LogP contribution is -2.43. The molecule has 0 aromatic carbocycles. The molecule has 8 heteroatoms. The van der Waals surface area contributed by atoms with Gasteiger partial charge in [-0.1, -0.05) is 32.1 Å². The van der Waals surface area contributed by atoms with Crippen LogP contribution in [0.2, 0.25) is 0 Å². The topological polar surface area (TPSA) is 127 Å². The van der Waals surface area contributed by atoms with E-state index in [-0.39, 0.29) is 26.1 Å². The van der Waals surface area contributed by atoms with E-state index >= 15 is 0 Å². The summed E-state index contributed by atoms with van der Waals surface area (Å²) >= 11 is 0. The number of carboxylic acid groups (broad SMARTS) is 2. The highest BCUT2D eigenvalue weighted by molar-refractivity contribution is 5.79. The maximum absolute atomic E-state index is 12.2. The van der Waals surface area contributed by atoms with Crippen LogP contribution >= 0.6 is 0 Å². The van der Waals surface area contributed by atoms with Crippen molar-refractivity contribution in [3.63, 3.8) is 0 Å². The van der Waals surface area contributed by atoms with Crippen molar-refractivity contribution in [1.82, 2.24) is 0 Å². The fraction of sp³-hybridized carbons (Fsp3) is 0.826. The van der Waals surface area contributed by atoms with Crippen molar-refractivity contribution in [2.24, 2.45) is 16.2 Å². The standard InChI is InChI=1S/C23H40O8/c1-21(2,3)19(28)30-15-23(18(26)27,16-31-20(29)22(4,5)6)14-12-10-8-7-9-11-13-17(24)25/h7-16H2,1-6H3,(H,24,25)(H,26,27). The zero-order valence-electron chi connectivity index (χ0n) is 19.9. The van der Waals surface area contributed by atoms with Crippen LogP contribution in [-0.2, 0) is 28.7 Å². The van der Waals surface area contributed by atoms with Crippen molar-refractivity contribution in [3.8, 4) is 0 Å². The SMILES string of the molecule is CC(C)(C)C(=O)OCC(CCCCCCCCC(=O)O)(COC(=O)C(C)(C)C)C(=O)O. The summed E-state index contributed by atoms with van der Waals surface area (Å²) in [6.07, 6.45) is 4.81. The van der Waals surface area contributed by atoms with Crippen LogP contribution in [0.1, 0.15) is 92.9 Å². The predicted octanol–water partition coefficient (Wildman–Crippen LogP) is 4.44. The molecule has 0 saturated carbocycles. The molecule has 0 rings (SSSR count). The molecule has 0 aromatic rings. The van der Waals surface area contributed by atoms with Gasteiger partial charge in [0.1, 0.15) is 18.6 Å². The zero-order valence-corrected chi connectivity index (χ0v) is 19.9. The minimum absolute atomic E-state index is 0.153. The van der Waals surface area contributed by atoms with Gasteiger partial charge in [0.25, 0.3) is 0 Å². The fourth-order valence-electron chi connectivity index (χ4n) is 2.70. The fourth-order valence-corrected chi connectivity index (χ4v) is 2.70. The Labute approximate surface area is 185 Å². The van der Waals surface area contributed by atoms with Gasteiger partial charge in [-0.05, 0) is 54.4 Å². The minimum Gasteiger partial charge on any atom is -0.481 e. The molecule has 31 heavy (non-hydrogen) atoms. The Kier molecular flexibility index (Phi) is 11.8. The van der Waals surface area contributed by atoms with Gasteiger partial charge in [0, 0.05) is 6.42 Å². The first-order valence-corrected chi connectivity index (χ1v) is 10.9. The van der Waals surface area contributed by atoms with Crippen LogP contribution < -0.4 is 0 Å². The van der Waals surface area contributed by atoms with Crippen LogP contribution in [0, 0.1) is 16.2 Å². The summed E-state index contributed by atoms with van der Waals surface area (Å²) < 4.78 is 10.6. The van der Waals surface area contributed by atoms with Crippen LogP contribution in [0.4, 0.5) is 0 Å². The molecule has 0 saturated heterocycles. The summed E-state index contributed by atoms with van der Waals surface area (Å²) in [5, 5.41) is 18.6. The second-order valence-electron chi connectivity index (χ2n) is 10.3. The lowest BCUT2D eigenvalue weighted by atomic mass is 9.83. The number of carboxylic acids is 2. The molecule has 0 unspecified atom stereocenters. The molecule has 0 aliphatic heterocycles. The molecule has 0 aromatic heterocycles. The van der Waals surface area contributed by atoms with Crippen molar-refractivity contribution in [3.05, 3.63) is 0 Å². The number of hydrogen-bond donors (Lipinski definition) is 2. The quantitative estimate of drug-likeness (QED) is 0.297. The second kappa shape index (κ2) is 12.7. The van der Waals surface area contributed by atoms with Gasteiger partial charge < -0.3 is 19.7 Å². The number of unbranched alkanes of at least 4 members (excludes halogenated alkanes) is 5. The number of carbonyl (C=O) groups excluding carboxylic acids is 2. The molecule has 0 radical (unpaired) electrons. The molecule has 0 amide bonds. The first-order valence-electron chi connectivity index (χ1n) is 10.9. The van der Waals surface area contributed by atoms with Gasteiger partial charge in [0.05, 0.1) is 10.8 Å². The Hall–Kier alpha value is -2.12. The van der Waals surface area contributed by atoms with E-state index < -0.39 is 40.1 Å². The molecule has 2 N–H and O–H groups in total. The van der Waals surface area contributed by atoms with Crippen LogP contribution in [0.15, 0.2) is 0 Å². The molecular formula is C23H40O8. The largest absolute Gasteiger partial charge is 0.481 e. The van der Waals surface area contributed by atoms with E-state index in [1.807, 2.05) is 0 Å². The van der Waals surface area contributed by atoms with Crippen molar-refractivity contribution in [1.29, 1.82) is 0 Å². The van der Waals surface area contributed by atoms with Crippen molar-refractivity contribution in [2.45, 2.75) is 92.9 Å². The van der Waals surface area contributed by atoms with Gasteiger partial charge in [-0.15, -0.1) is 0 Å². The van der Waals surface area contributed by atoms with Crippen LogP contribution in [0.25, 0.3) is 0 Å². The van der Waals surface area contributed by atoms with Crippen LogP contribution in [0.5, 0.6) is 0 Å². The van der Waals surface area contributed by atoms with Gasteiger partial charge in [-0.25, -0.2) is 0 Å². The Balaban J connectivity index is 5.00. The lowest BCUT2D eigenvalue weighted by Gasteiger charge is -2.31. The van der Waals surface area contributed by atoms with Crippen molar-refractivity contribution >= 4 is 23.9 Å². The number of ether oxygens (including phenoxy) is 2. The predicted molar refractivity (Wildman–Crippen MR) is 115 cm³/mol. The smallest absolute Gasteiger partial charge is 0.316 e. The van der Waals surface area contributed by atoms with Gasteiger partial charge in [-0.2, -0.15) is 0 Å². The number of rotatable bonds is 14. The van der Waals surface area contributed by atoms with Crippen LogP contribution in [0.3, 0.4) is 0 Å². The molecule has 0 bridgehead atoms. The van der Waals surface area contributed by atoms with E-state index in [2.05, 4.69) is 0 Å². The summed E-state index contributed by atoms with van der Waals surface area (Å²) in [5.74, 6) is -3.00. The van der Waals surface area contributed by atoms with E-state index in [1.54, 1.807) is 41.5 Å². The van der Waals surface area contributed by atoms with Gasteiger partial charge >= 0.3 is 23.9 Å². The van der Waals surface area contributed by atoms with Crippen molar-refractivity contribution in [2.75, 3.05) is 13.2 Å². The Morgan fingerprint density at radius 3 is 1.39 bits per heavy atom. The third-order valence-corrected chi connectivity index (χ3v) is 4.93. The molecule has 0 heterocycles. The summed E-state index contributed by atoms with van der Waals surface area (Å²) in [6.45, 7) is 9.36. The van der Waals surface area contributed by atoms with E-state index in [9.17, 15) is 24.3 Å². The molecule has 0 aliphatic carbocycles. The third kappa shape index (κ3) is 11.7. The second-order valence-corrected chi connectivity index (χ2v) is 10.3. The molecule has 180 valence electrons. The highest BCUT2D eigenvalue weighted by Crippen LogP contribution is 2.30. The lowest BCUT2D eigenvalue weighted by molar-refractivity contribution is -0.174. The zero-order chi connectivity index (χ0) is 24.3. The number of esters is 2. The number of aliphatic carboxylic acids is 2. The van der Waals surface area contributed by atoms with E-state index in [0.29, 0.717) is 12.8 Å². The maximum Gasteiger partial charge on any atom is 0.316 e. The van der Waals surface area contributed by atoms with Crippen molar-refractivity contribution < 1.29 is 38.9 Å². The molecule has 0 aliphatic rings. The molecule has 0 spiro atoms. The molecule has 8 nitrogen and oxygen atoms in total. The van der Waals surface area contributed by atoms with E-state index in [1.165, 1.54) is 0 Å².